The van der Waals surface area contributed by atoms with Gasteiger partial charge in [0.25, 0.3) is 0 Å². The predicted molar refractivity (Wildman–Crippen MR) is 99.2 cm³/mol. The van der Waals surface area contributed by atoms with Gasteiger partial charge in [-0.15, -0.1) is 0 Å². The van der Waals surface area contributed by atoms with Gasteiger partial charge in [0.15, 0.2) is 0 Å². The number of benzene rings is 1. The Balaban J connectivity index is 1.71. The highest BCUT2D eigenvalue weighted by Crippen LogP contribution is 2.33. The second kappa shape index (κ2) is 7.51. The smallest absolute Gasteiger partial charge is 0.0479 e. The monoisotopic (exact) mass is 418 g/mol. The van der Waals surface area contributed by atoms with Gasteiger partial charge in [0.2, 0.25) is 0 Å². The van der Waals surface area contributed by atoms with E-state index in [-0.39, 0.29) is 0 Å². The van der Waals surface area contributed by atoms with E-state index >= 15 is 0 Å². The number of nitrogens with one attached hydrogen (secondary N) is 2. The van der Waals surface area contributed by atoms with Crippen LogP contribution < -0.4 is 10.6 Å². The van der Waals surface area contributed by atoms with Gasteiger partial charge < -0.3 is 10.6 Å². The first-order valence-corrected chi connectivity index (χ1v) is 9.65. The molecule has 21 heavy (non-hydrogen) atoms. The second-order valence-electron chi connectivity index (χ2n) is 6.38. The van der Waals surface area contributed by atoms with Gasteiger partial charge in [0.1, 0.15) is 0 Å². The van der Waals surface area contributed by atoms with Crippen molar-refractivity contribution in [2.45, 2.75) is 57.0 Å². The van der Waals surface area contributed by atoms with Crippen LogP contribution in [0.2, 0.25) is 5.02 Å². The van der Waals surface area contributed by atoms with Crippen molar-refractivity contribution in [3.8, 4) is 0 Å². The Morgan fingerprint density at radius 3 is 2.67 bits per heavy atom. The molecule has 0 bridgehead atoms. The van der Waals surface area contributed by atoms with E-state index < -0.39 is 0 Å². The Morgan fingerprint density at radius 1 is 1.10 bits per heavy atom. The molecule has 1 aliphatic carbocycles. The first-order valence-electron chi connectivity index (χ1n) is 8.19. The lowest BCUT2D eigenvalue weighted by Crippen LogP contribution is -2.48. The Kier molecular flexibility index (Phi) is 5.68. The average molecular weight is 419 g/mol. The van der Waals surface area contributed by atoms with Gasteiger partial charge >= 0.3 is 0 Å². The van der Waals surface area contributed by atoms with Gasteiger partial charge in [-0.3, -0.25) is 0 Å². The Bertz CT molecular complexity index is 474. The quantitative estimate of drug-likeness (QED) is 0.671. The fourth-order valence-corrected chi connectivity index (χ4v) is 4.90. The van der Waals surface area contributed by atoms with Gasteiger partial charge in [-0.1, -0.05) is 30.9 Å². The maximum absolute atomic E-state index is 6.07. The van der Waals surface area contributed by atoms with Crippen molar-refractivity contribution in [2.75, 3.05) is 11.9 Å². The topological polar surface area (TPSA) is 24.1 Å². The third-order valence-corrected chi connectivity index (χ3v) is 6.08. The van der Waals surface area contributed by atoms with Crippen LogP contribution in [-0.2, 0) is 0 Å². The summed E-state index contributed by atoms with van der Waals surface area (Å²) >= 11 is 8.45. The molecule has 0 radical (unpaired) electrons. The summed E-state index contributed by atoms with van der Waals surface area (Å²) < 4.78 is 1.22. The van der Waals surface area contributed by atoms with Crippen LogP contribution in [0, 0.1) is 9.49 Å². The molecule has 4 heteroatoms. The molecule has 2 aliphatic rings. The summed E-state index contributed by atoms with van der Waals surface area (Å²) in [7, 11) is 0. The molecule has 0 spiro atoms. The largest absolute Gasteiger partial charge is 0.381 e. The van der Waals surface area contributed by atoms with Gasteiger partial charge in [0, 0.05) is 26.4 Å². The minimum Gasteiger partial charge on any atom is -0.381 e. The van der Waals surface area contributed by atoms with Crippen LogP contribution in [0.15, 0.2) is 18.2 Å². The van der Waals surface area contributed by atoms with E-state index in [1.54, 1.807) is 0 Å². The molecule has 2 N–H and O–H groups in total. The lowest BCUT2D eigenvalue weighted by atomic mass is 9.77. The van der Waals surface area contributed by atoms with E-state index in [1.165, 1.54) is 60.7 Å². The number of rotatable bonds is 3. The van der Waals surface area contributed by atoms with E-state index in [1.807, 2.05) is 12.1 Å². The molecule has 1 aromatic rings. The molecule has 3 rings (SSSR count). The molecule has 116 valence electrons. The number of anilines is 1. The maximum Gasteiger partial charge on any atom is 0.0479 e. The molecular weight excluding hydrogens is 395 g/mol. The van der Waals surface area contributed by atoms with E-state index in [2.05, 4.69) is 39.3 Å². The number of hydrogen-bond donors (Lipinski definition) is 2. The van der Waals surface area contributed by atoms with Crippen molar-refractivity contribution in [3.63, 3.8) is 0 Å². The number of piperidine rings is 1. The predicted octanol–water partition coefficient (Wildman–Crippen LogP) is 5.06. The van der Waals surface area contributed by atoms with Crippen LogP contribution in [0.5, 0.6) is 0 Å². The standard InChI is InChI=1S/C17H24ClIN2/c18-12-8-9-17(14(19)11-12)21-16-7-2-1-5-13(16)15-6-3-4-10-20-15/h8-9,11,13,15-16,20-21H,1-7,10H2. The maximum atomic E-state index is 6.07. The third kappa shape index (κ3) is 4.05. The Morgan fingerprint density at radius 2 is 1.90 bits per heavy atom. The third-order valence-electron chi connectivity index (χ3n) is 4.96. The fourth-order valence-electron chi connectivity index (χ4n) is 3.87. The van der Waals surface area contributed by atoms with Crippen LogP contribution in [0.1, 0.15) is 44.9 Å². The molecule has 2 fully saturated rings. The van der Waals surface area contributed by atoms with Crippen molar-refractivity contribution in [1.29, 1.82) is 0 Å². The molecular formula is C17H24ClIN2. The van der Waals surface area contributed by atoms with Crippen LogP contribution in [0.3, 0.4) is 0 Å². The SMILES string of the molecule is Clc1ccc(NC2CCCCC2C2CCCCN2)c(I)c1. The van der Waals surface area contributed by atoms with Gasteiger partial charge in [-0.2, -0.15) is 0 Å². The van der Waals surface area contributed by atoms with Gasteiger partial charge in [-0.05, 0) is 78.9 Å². The summed E-state index contributed by atoms with van der Waals surface area (Å²) in [6, 6.07) is 7.47. The minimum atomic E-state index is 0.601. The summed E-state index contributed by atoms with van der Waals surface area (Å²) in [5.41, 5.74) is 1.24. The highest BCUT2D eigenvalue weighted by molar-refractivity contribution is 14.1. The van der Waals surface area contributed by atoms with E-state index in [9.17, 15) is 0 Å². The first-order chi connectivity index (χ1) is 10.2. The molecule has 1 aliphatic heterocycles. The zero-order chi connectivity index (χ0) is 14.7. The van der Waals surface area contributed by atoms with E-state index in [0.717, 1.165) is 10.9 Å². The zero-order valence-electron chi connectivity index (χ0n) is 12.4. The zero-order valence-corrected chi connectivity index (χ0v) is 15.3. The van der Waals surface area contributed by atoms with Crippen molar-refractivity contribution in [2.24, 2.45) is 5.92 Å². The summed E-state index contributed by atoms with van der Waals surface area (Å²) in [6.45, 7) is 1.20. The van der Waals surface area contributed by atoms with Crippen molar-refractivity contribution in [1.82, 2.24) is 5.32 Å². The molecule has 2 nitrogen and oxygen atoms in total. The molecule has 1 aromatic carbocycles. The molecule has 1 saturated heterocycles. The number of halogens is 2. The molecule has 1 heterocycles. The van der Waals surface area contributed by atoms with Crippen LogP contribution in [0.25, 0.3) is 0 Å². The molecule has 0 amide bonds. The van der Waals surface area contributed by atoms with Crippen LogP contribution >= 0.6 is 34.2 Å². The van der Waals surface area contributed by atoms with Crippen molar-refractivity contribution in [3.05, 3.63) is 26.8 Å². The highest BCUT2D eigenvalue weighted by Gasteiger charge is 2.32. The summed E-state index contributed by atoms with van der Waals surface area (Å²) in [5, 5.41) is 8.40. The summed E-state index contributed by atoms with van der Waals surface area (Å²) in [6.07, 6.45) is 9.47. The molecule has 1 saturated carbocycles. The van der Waals surface area contributed by atoms with Gasteiger partial charge in [-0.25, -0.2) is 0 Å². The van der Waals surface area contributed by atoms with Crippen LogP contribution in [0.4, 0.5) is 5.69 Å². The Hall–Kier alpha value is -0.000000000000000111. The van der Waals surface area contributed by atoms with Crippen molar-refractivity contribution >= 4 is 39.9 Å². The van der Waals surface area contributed by atoms with Crippen LogP contribution in [-0.4, -0.2) is 18.6 Å². The minimum absolute atomic E-state index is 0.601. The molecule has 3 unspecified atom stereocenters. The first kappa shape index (κ1) is 15.9. The Labute approximate surface area is 146 Å². The average Bonchev–Trinajstić information content (AvgIpc) is 2.51. The molecule has 0 aromatic heterocycles. The summed E-state index contributed by atoms with van der Waals surface area (Å²) in [5.74, 6) is 0.769. The number of hydrogen-bond acceptors (Lipinski definition) is 2. The fraction of sp³-hybridized carbons (Fsp3) is 0.647. The molecule has 3 atom stereocenters. The lowest BCUT2D eigenvalue weighted by molar-refractivity contribution is 0.217. The van der Waals surface area contributed by atoms with E-state index in [0.29, 0.717) is 12.1 Å². The van der Waals surface area contributed by atoms with Crippen molar-refractivity contribution < 1.29 is 0 Å². The summed E-state index contributed by atoms with van der Waals surface area (Å²) in [4.78, 5) is 0. The highest BCUT2D eigenvalue weighted by atomic mass is 127. The normalized spacial score (nSPS) is 30.1. The lowest BCUT2D eigenvalue weighted by Gasteiger charge is -2.40. The van der Waals surface area contributed by atoms with E-state index in [4.69, 9.17) is 11.6 Å². The van der Waals surface area contributed by atoms with Gasteiger partial charge in [0.05, 0.1) is 0 Å². The second-order valence-corrected chi connectivity index (χ2v) is 7.98.